The van der Waals surface area contributed by atoms with Crippen LogP contribution in [0.15, 0.2) is 12.5 Å². The number of aromatic amines is 1. The predicted octanol–water partition coefficient (Wildman–Crippen LogP) is -0.584. The lowest BCUT2D eigenvalue weighted by atomic mass is 10.3. The molecule has 5 heteroatoms. The Balaban J connectivity index is 2.18. The number of hydrogen-bond donors (Lipinski definition) is 3. The molecule has 5 nitrogen and oxygen atoms in total. The lowest BCUT2D eigenvalue weighted by Gasteiger charge is -2.06. The SMILES string of the molecule is C[C@@H](N)C(=O)NCCc1cnc[nH]1. The van der Waals surface area contributed by atoms with Crippen molar-refractivity contribution in [2.75, 3.05) is 6.54 Å². The molecule has 72 valence electrons. The van der Waals surface area contributed by atoms with Crippen molar-refractivity contribution >= 4 is 5.91 Å². The van der Waals surface area contributed by atoms with Gasteiger partial charge in [-0.3, -0.25) is 4.79 Å². The zero-order valence-corrected chi connectivity index (χ0v) is 7.58. The second kappa shape index (κ2) is 4.61. The molecule has 0 aliphatic carbocycles. The fourth-order valence-electron chi connectivity index (χ4n) is 0.903. The summed E-state index contributed by atoms with van der Waals surface area (Å²) in [5.74, 6) is -0.125. The molecule has 0 aliphatic heterocycles. The molecule has 0 bridgehead atoms. The van der Waals surface area contributed by atoms with Crippen molar-refractivity contribution in [1.82, 2.24) is 15.3 Å². The van der Waals surface area contributed by atoms with E-state index in [-0.39, 0.29) is 5.91 Å². The van der Waals surface area contributed by atoms with Gasteiger partial charge in [-0.15, -0.1) is 0 Å². The second-order valence-corrected chi connectivity index (χ2v) is 2.91. The number of nitrogens with one attached hydrogen (secondary N) is 2. The molecular formula is C8H14N4O. The molecule has 1 aromatic rings. The number of carbonyl (C=O) groups excluding carboxylic acids is 1. The van der Waals surface area contributed by atoms with Crippen LogP contribution < -0.4 is 11.1 Å². The second-order valence-electron chi connectivity index (χ2n) is 2.91. The number of rotatable bonds is 4. The summed E-state index contributed by atoms with van der Waals surface area (Å²) in [5.41, 5.74) is 6.37. The van der Waals surface area contributed by atoms with Gasteiger partial charge in [0.15, 0.2) is 0 Å². The maximum absolute atomic E-state index is 11.0. The summed E-state index contributed by atoms with van der Waals surface area (Å²) in [4.78, 5) is 17.8. The van der Waals surface area contributed by atoms with E-state index in [1.54, 1.807) is 19.4 Å². The molecule has 0 radical (unpaired) electrons. The van der Waals surface area contributed by atoms with Crippen LogP contribution in [0.3, 0.4) is 0 Å². The van der Waals surface area contributed by atoms with Gasteiger partial charge >= 0.3 is 0 Å². The maximum atomic E-state index is 11.0. The van der Waals surface area contributed by atoms with Gasteiger partial charge in [-0.2, -0.15) is 0 Å². The Bertz CT molecular complexity index is 255. The summed E-state index contributed by atoms with van der Waals surface area (Å²) in [6.07, 6.45) is 4.10. The third-order valence-corrected chi connectivity index (χ3v) is 1.66. The quantitative estimate of drug-likeness (QED) is 0.582. The molecule has 0 aliphatic rings. The van der Waals surface area contributed by atoms with Gasteiger partial charge in [0.05, 0.1) is 12.4 Å². The summed E-state index contributed by atoms with van der Waals surface area (Å²) >= 11 is 0. The number of H-pyrrole nitrogens is 1. The fraction of sp³-hybridized carbons (Fsp3) is 0.500. The molecule has 0 aromatic carbocycles. The topological polar surface area (TPSA) is 83.8 Å². The molecule has 1 heterocycles. The van der Waals surface area contributed by atoms with Gasteiger partial charge in [0, 0.05) is 24.9 Å². The van der Waals surface area contributed by atoms with E-state index in [0.717, 1.165) is 12.1 Å². The highest BCUT2D eigenvalue weighted by atomic mass is 16.2. The molecule has 0 saturated heterocycles. The van der Waals surface area contributed by atoms with E-state index in [2.05, 4.69) is 15.3 Å². The highest BCUT2D eigenvalue weighted by Crippen LogP contribution is 1.90. The van der Waals surface area contributed by atoms with E-state index in [0.29, 0.717) is 6.54 Å². The summed E-state index contributed by atoms with van der Waals surface area (Å²) in [6.45, 7) is 2.24. The van der Waals surface area contributed by atoms with E-state index in [9.17, 15) is 4.79 Å². The van der Waals surface area contributed by atoms with Crippen molar-refractivity contribution in [2.24, 2.45) is 5.73 Å². The van der Waals surface area contributed by atoms with E-state index < -0.39 is 6.04 Å². The standard InChI is InChI=1S/C8H14N4O/c1-6(9)8(13)11-3-2-7-4-10-5-12-7/h4-6H,2-3,9H2,1H3,(H,10,12)(H,11,13)/t6-/m1/s1. The Kier molecular flexibility index (Phi) is 3.45. The first-order chi connectivity index (χ1) is 6.20. The van der Waals surface area contributed by atoms with Crippen molar-refractivity contribution in [2.45, 2.75) is 19.4 Å². The number of aromatic nitrogens is 2. The molecule has 0 spiro atoms. The predicted molar refractivity (Wildman–Crippen MR) is 49.0 cm³/mol. The van der Waals surface area contributed by atoms with Gasteiger partial charge < -0.3 is 16.0 Å². The highest BCUT2D eigenvalue weighted by Gasteiger charge is 2.05. The third-order valence-electron chi connectivity index (χ3n) is 1.66. The smallest absolute Gasteiger partial charge is 0.236 e. The minimum absolute atomic E-state index is 0.125. The fourth-order valence-corrected chi connectivity index (χ4v) is 0.903. The van der Waals surface area contributed by atoms with Crippen molar-refractivity contribution in [3.8, 4) is 0 Å². The highest BCUT2D eigenvalue weighted by molar-refractivity contribution is 5.80. The van der Waals surface area contributed by atoms with Crippen LogP contribution in [0, 0.1) is 0 Å². The number of imidazole rings is 1. The van der Waals surface area contributed by atoms with E-state index in [4.69, 9.17) is 5.73 Å². The summed E-state index contributed by atoms with van der Waals surface area (Å²) in [6, 6.07) is -0.443. The van der Waals surface area contributed by atoms with Crippen molar-refractivity contribution in [1.29, 1.82) is 0 Å². The van der Waals surface area contributed by atoms with Gasteiger partial charge in [-0.25, -0.2) is 4.98 Å². The van der Waals surface area contributed by atoms with Gasteiger partial charge in [-0.1, -0.05) is 0 Å². The van der Waals surface area contributed by atoms with Crippen LogP contribution >= 0.6 is 0 Å². The minimum Gasteiger partial charge on any atom is -0.354 e. The monoisotopic (exact) mass is 182 g/mol. The number of nitrogens with two attached hydrogens (primary N) is 1. The Labute approximate surface area is 76.7 Å². The summed E-state index contributed by atoms with van der Waals surface area (Å²) in [7, 11) is 0. The first kappa shape index (κ1) is 9.73. The average molecular weight is 182 g/mol. The zero-order chi connectivity index (χ0) is 9.68. The number of carbonyl (C=O) groups is 1. The first-order valence-electron chi connectivity index (χ1n) is 4.20. The van der Waals surface area contributed by atoms with Crippen molar-refractivity contribution in [3.05, 3.63) is 18.2 Å². The summed E-state index contributed by atoms with van der Waals surface area (Å²) in [5, 5.41) is 2.71. The normalized spacial score (nSPS) is 12.5. The van der Waals surface area contributed by atoms with Crippen LogP contribution in [-0.4, -0.2) is 28.5 Å². The Morgan fingerprint density at radius 1 is 1.85 bits per heavy atom. The first-order valence-corrected chi connectivity index (χ1v) is 4.20. The van der Waals surface area contributed by atoms with Crippen molar-refractivity contribution in [3.63, 3.8) is 0 Å². The Morgan fingerprint density at radius 2 is 2.62 bits per heavy atom. The molecule has 0 fully saturated rings. The van der Waals surface area contributed by atoms with Gasteiger partial charge in [-0.05, 0) is 6.92 Å². The zero-order valence-electron chi connectivity index (χ0n) is 7.58. The van der Waals surface area contributed by atoms with Crippen LogP contribution in [-0.2, 0) is 11.2 Å². The molecule has 1 atom stereocenters. The molecule has 13 heavy (non-hydrogen) atoms. The van der Waals surface area contributed by atoms with Gasteiger partial charge in [0.25, 0.3) is 0 Å². The number of hydrogen-bond acceptors (Lipinski definition) is 3. The molecular weight excluding hydrogens is 168 g/mol. The Morgan fingerprint density at radius 3 is 3.15 bits per heavy atom. The molecule has 1 rings (SSSR count). The minimum atomic E-state index is -0.443. The third kappa shape index (κ3) is 3.25. The molecule has 1 amide bonds. The Hall–Kier alpha value is -1.36. The van der Waals surface area contributed by atoms with Crippen LogP contribution in [0.4, 0.5) is 0 Å². The molecule has 0 saturated carbocycles. The summed E-state index contributed by atoms with van der Waals surface area (Å²) < 4.78 is 0. The molecule has 4 N–H and O–H groups in total. The number of nitrogens with zero attached hydrogens (tertiary/aromatic N) is 1. The van der Waals surface area contributed by atoms with E-state index in [1.165, 1.54) is 0 Å². The largest absolute Gasteiger partial charge is 0.354 e. The van der Waals surface area contributed by atoms with Gasteiger partial charge in [0.2, 0.25) is 5.91 Å². The van der Waals surface area contributed by atoms with Gasteiger partial charge in [0.1, 0.15) is 0 Å². The van der Waals surface area contributed by atoms with Crippen LogP contribution in [0.5, 0.6) is 0 Å². The van der Waals surface area contributed by atoms with E-state index >= 15 is 0 Å². The lowest BCUT2D eigenvalue weighted by Crippen LogP contribution is -2.39. The average Bonchev–Trinajstić information content (AvgIpc) is 2.56. The maximum Gasteiger partial charge on any atom is 0.236 e. The number of amides is 1. The lowest BCUT2D eigenvalue weighted by molar-refractivity contribution is -0.121. The molecule has 1 aromatic heterocycles. The van der Waals surface area contributed by atoms with Crippen LogP contribution in [0.2, 0.25) is 0 Å². The van der Waals surface area contributed by atoms with Crippen LogP contribution in [0.1, 0.15) is 12.6 Å². The van der Waals surface area contributed by atoms with E-state index in [1.807, 2.05) is 0 Å². The van der Waals surface area contributed by atoms with Crippen LogP contribution in [0.25, 0.3) is 0 Å². The van der Waals surface area contributed by atoms with Crippen molar-refractivity contribution < 1.29 is 4.79 Å². The molecule has 0 unspecified atom stereocenters.